The van der Waals surface area contributed by atoms with Crippen LogP contribution in [0.4, 0.5) is 4.79 Å². The Bertz CT molecular complexity index is 159. The topological polar surface area (TPSA) is 32.3 Å². The van der Waals surface area contributed by atoms with Crippen molar-refractivity contribution in [1.29, 1.82) is 0 Å². The molecule has 0 spiro atoms. The predicted molar refractivity (Wildman–Crippen MR) is 53.7 cm³/mol. The summed E-state index contributed by atoms with van der Waals surface area (Å²) in [6.07, 6.45) is 6.04. The maximum atomic E-state index is 11.3. The number of hydrogen-bond donors (Lipinski definition) is 1. The summed E-state index contributed by atoms with van der Waals surface area (Å²) < 4.78 is 0. The van der Waals surface area contributed by atoms with Crippen LogP contribution in [0.25, 0.3) is 0 Å². The Balaban J connectivity index is 2.08. The van der Waals surface area contributed by atoms with Crippen molar-refractivity contribution in [2.45, 2.75) is 39.0 Å². The van der Waals surface area contributed by atoms with E-state index >= 15 is 0 Å². The number of amides is 2. The van der Waals surface area contributed by atoms with Gasteiger partial charge in [0, 0.05) is 19.6 Å². The van der Waals surface area contributed by atoms with Crippen molar-refractivity contribution < 1.29 is 4.79 Å². The van der Waals surface area contributed by atoms with Gasteiger partial charge >= 0.3 is 6.03 Å². The summed E-state index contributed by atoms with van der Waals surface area (Å²) >= 11 is 0. The van der Waals surface area contributed by atoms with Gasteiger partial charge < -0.3 is 10.2 Å². The molecule has 1 aliphatic heterocycles. The lowest BCUT2D eigenvalue weighted by Gasteiger charge is -2.27. The van der Waals surface area contributed by atoms with Crippen LogP contribution in [0.1, 0.15) is 39.0 Å². The van der Waals surface area contributed by atoms with Crippen LogP contribution in [0.15, 0.2) is 0 Å². The molecule has 1 N–H and O–H groups in total. The molecule has 0 saturated carbocycles. The lowest BCUT2D eigenvalue weighted by atomic mass is 10.2. The fourth-order valence-electron chi connectivity index (χ4n) is 1.62. The van der Waals surface area contributed by atoms with Crippen molar-refractivity contribution in [1.82, 2.24) is 10.2 Å². The smallest absolute Gasteiger partial charge is 0.317 e. The van der Waals surface area contributed by atoms with Crippen molar-refractivity contribution >= 4 is 6.03 Å². The van der Waals surface area contributed by atoms with E-state index in [2.05, 4.69) is 12.2 Å². The molecule has 3 heteroatoms. The van der Waals surface area contributed by atoms with E-state index in [1.54, 1.807) is 0 Å². The van der Waals surface area contributed by atoms with E-state index in [9.17, 15) is 4.79 Å². The molecule has 0 aromatic rings. The van der Waals surface area contributed by atoms with Gasteiger partial charge in [0.05, 0.1) is 0 Å². The van der Waals surface area contributed by atoms with Gasteiger partial charge in [-0.1, -0.05) is 26.2 Å². The number of urea groups is 1. The minimum atomic E-state index is 0.128. The van der Waals surface area contributed by atoms with Crippen LogP contribution < -0.4 is 5.32 Å². The number of rotatable bonds is 5. The molecule has 0 bridgehead atoms. The zero-order valence-corrected chi connectivity index (χ0v) is 8.51. The fraction of sp³-hybridized carbons (Fsp3) is 0.900. The molecule has 3 nitrogen and oxygen atoms in total. The molecule has 0 aliphatic carbocycles. The molecule has 0 radical (unpaired) electrons. The van der Waals surface area contributed by atoms with Gasteiger partial charge in [-0.2, -0.15) is 0 Å². The lowest BCUT2D eigenvalue weighted by molar-refractivity contribution is 0.185. The highest BCUT2D eigenvalue weighted by Gasteiger charge is 2.15. The Morgan fingerprint density at radius 3 is 2.92 bits per heavy atom. The van der Waals surface area contributed by atoms with Crippen molar-refractivity contribution in [2.75, 3.05) is 19.6 Å². The van der Waals surface area contributed by atoms with Gasteiger partial charge in [-0.25, -0.2) is 4.79 Å². The zero-order chi connectivity index (χ0) is 9.52. The third kappa shape index (κ3) is 3.66. The van der Waals surface area contributed by atoms with E-state index < -0.39 is 0 Å². The molecule has 1 rings (SSSR count). The molecule has 0 atom stereocenters. The molecule has 1 heterocycles. The molecule has 1 saturated heterocycles. The SMILES string of the molecule is CCCCCCN1CCCNC1=O. The van der Waals surface area contributed by atoms with Gasteiger partial charge in [-0.15, -0.1) is 0 Å². The average molecular weight is 184 g/mol. The highest BCUT2D eigenvalue weighted by Crippen LogP contribution is 2.04. The molecular weight excluding hydrogens is 164 g/mol. The average Bonchev–Trinajstić information content (AvgIpc) is 2.15. The Morgan fingerprint density at radius 2 is 2.23 bits per heavy atom. The van der Waals surface area contributed by atoms with Crippen molar-refractivity contribution in [3.05, 3.63) is 0 Å². The van der Waals surface area contributed by atoms with Crippen LogP contribution in [0, 0.1) is 0 Å². The third-order valence-corrected chi connectivity index (χ3v) is 2.45. The first-order valence-corrected chi connectivity index (χ1v) is 5.37. The molecule has 1 fully saturated rings. The summed E-state index contributed by atoms with van der Waals surface area (Å²) in [7, 11) is 0. The second-order valence-corrected chi connectivity index (χ2v) is 3.63. The summed E-state index contributed by atoms with van der Waals surface area (Å²) in [4.78, 5) is 13.2. The largest absolute Gasteiger partial charge is 0.338 e. The van der Waals surface area contributed by atoms with E-state index in [1.807, 2.05) is 4.90 Å². The summed E-state index contributed by atoms with van der Waals surface area (Å²) in [6.45, 7) is 4.93. The number of carbonyl (C=O) groups excluding carboxylic acids is 1. The van der Waals surface area contributed by atoms with E-state index in [0.717, 1.165) is 32.5 Å². The van der Waals surface area contributed by atoms with Gasteiger partial charge in [-0.3, -0.25) is 0 Å². The number of nitrogens with one attached hydrogen (secondary N) is 1. The second-order valence-electron chi connectivity index (χ2n) is 3.63. The van der Waals surface area contributed by atoms with Gasteiger partial charge in [0.2, 0.25) is 0 Å². The lowest BCUT2D eigenvalue weighted by Crippen LogP contribution is -2.46. The molecule has 1 aliphatic rings. The number of nitrogens with zero attached hydrogens (tertiary/aromatic N) is 1. The highest BCUT2D eigenvalue weighted by atomic mass is 16.2. The van der Waals surface area contributed by atoms with E-state index in [0.29, 0.717) is 0 Å². The maximum Gasteiger partial charge on any atom is 0.317 e. The van der Waals surface area contributed by atoms with Crippen molar-refractivity contribution in [2.24, 2.45) is 0 Å². The summed E-state index contributed by atoms with van der Waals surface area (Å²) in [5.74, 6) is 0. The van der Waals surface area contributed by atoms with Crippen LogP contribution in [0.2, 0.25) is 0 Å². The van der Waals surface area contributed by atoms with Gasteiger partial charge in [0.1, 0.15) is 0 Å². The number of unbranched alkanes of at least 4 members (excludes halogenated alkanes) is 3. The Hall–Kier alpha value is -0.730. The van der Waals surface area contributed by atoms with Gasteiger partial charge in [0.25, 0.3) is 0 Å². The second kappa shape index (κ2) is 5.84. The Kier molecular flexibility index (Phi) is 4.65. The van der Waals surface area contributed by atoms with Crippen LogP contribution in [0.5, 0.6) is 0 Å². The first kappa shape index (κ1) is 10.4. The Morgan fingerprint density at radius 1 is 1.38 bits per heavy atom. The minimum absolute atomic E-state index is 0.128. The number of carbonyl (C=O) groups is 1. The number of hydrogen-bond acceptors (Lipinski definition) is 1. The zero-order valence-electron chi connectivity index (χ0n) is 8.51. The standard InChI is InChI=1S/C10H20N2O/c1-2-3-4-5-8-12-9-6-7-11-10(12)13/h2-9H2,1H3,(H,11,13). The normalized spacial score (nSPS) is 17.3. The molecule has 13 heavy (non-hydrogen) atoms. The molecule has 76 valence electrons. The molecular formula is C10H20N2O. The van der Waals surface area contributed by atoms with Crippen molar-refractivity contribution in [3.8, 4) is 0 Å². The highest BCUT2D eigenvalue weighted by molar-refractivity contribution is 5.74. The van der Waals surface area contributed by atoms with Crippen LogP contribution in [-0.2, 0) is 0 Å². The quantitative estimate of drug-likeness (QED) is 0.651. The van der Waals surface area contributed by atoms with Crippen molar-refractivity contribution in [3.63, 3.8) is 0 Å². The molecule has 2 amide bonds. The van der Waals surface area contributed by atoms with Gasteiger partial charge in [-0.05, 0) is 12.8 Å². The summed E-state index contributed by atoms with van der Waals surface area (Å²) in [5, 5.41) is 2.86. The van der Waals surface area contributed by atoms with E-state index in [-0.39, 0.29) is 6.03 Å². The monoisotopic (exact) mass is 184 g/mol. The fourth-order valence-corrected chi connectivity index (χ4v) is 1.62. The summed E-state index contributed by atoms with van der Waals surface area (Å²) in [6, 6.07) is 0.128. The van der Waals surface area contributed by atoms with Crippen LogP contribution in [-0.4, -0.2) is 30.6 Å². The molecule has 0 unspecified atom stereocenters. The van der Waals surface area contributed by atoms with E-state index in [1.165, 1.54) is 19.3 Å². The van der Waals surface area contributed by atoms with E-state index in [4.69, 9.17) is 0 Å². The molecule has 0 aromatic heterocycles. The summed E-state index contributed by atoms with van der Waals surface area (Å²) in [5.41, 5.74) is 0. The third-order valence-electron chi connectivity index (χ3n) is 2.45. The first-order valence-electron chi connectivity index (χ1n) is 5.37. The Labute approximate surface area is 80.5 Å². The first-order chi connectivity index (χ1) is 6.34. The van der Waals surface area contributed by atoms with Crippen LogP contribution >= 0.6 is 0 Å². The minimum Gasteiger partial charge on any atom is -0.338 e. The van der Waals surface area contributed by atoms with Crippen LogP contribution in [0.3, 0.4) is 0 Å². The maximum absolute atomic E-state index is 11.3. The predicted octanol–water partition coefficient (Wildman–Crippen LogP) is 1.98. The molecule has 0 aromatic carbocycles. The van der Waals surface area contributed by atoms with Gasteiger partial charge in [0.15, 0.2) is 0 Å².